The molecule has 5 atom stereocenters. The fourth-order valence-corrected chi connectivity index (χ4v) is 8.80. The van der Waals surface area contributed by atoms with E-state index >= 15 is 0 Å². The Morgan fingerprint density at radius 1 is 1.12 bits per heavy atom. The summed E-state index contributed by atoms with van der Waals surface area (Å²) in [5, 5.41) is 27.4. The van der Waals surface area contributed by atoms with E-state index in [4.69, 9.17) is 4.98 Å². The molecule has 4 aliphatic rings. The number of fused-ring (bicyclic) bond motifs is 7. The molecule has 0 spiro atoms. The number of aromatic nitrogens is 1. The zero-order valence-corrected chi connectivity index (χ0v) is 19.6. The molecule has 1 aromatic heterocycles. The van der Waals surface area contributed by atoms with Crippen LogP contribution in [0.1, 0.15) is 62.9 Å². The monoisotopic (exact) mass is 449 g/mol. The Kier molecular flexibility index (Phi) is 4.49. The van der Waals surface area contributed by atoms with Crippen LogP contribution in [0.25, 0.3) is 5.57 Å². The van der Waals surface area contributed by atoms with Crippen LogP contribution in [0.4, 0.5) is 10.8 Å². The highest BCUT2D eigenvalue weighted by atomic mass is 32.1. The average Bonchev–Trinajstić information content (AvgIpc) is 3.33. The van der Waals surface area contributed by atoms with Gasteiger partial charge in [-0.25, -0.2) is 4.98 Å². The third-order valence-electron chi connectivity index (χ3n) is 9.25. The summed E-state index contributed by atoms with van der Waals surface area (Å²) >= 11 is 1.76. The number of rotatable bonds is 2. The zero-order valence-electron chi connectivity index (χ0n) is 18.8. The molecule has 0 aliphatic heterocycles. The first-order chi connectivity index (χ1) is 15.4. The lowest BCUT2D eigenvalue weighted by Gasteiger charge is -2.56. The van der Waals surface area contributed by atoms with Crippen LogP contribution in [0.2, 0.25) is 0 Å². The highest BCUT2D eigenvalue weighted by Crippen LogP contribution is 2.65. The Bertz CT molecular complexity index is 1140. The summed E-state index contributed by atoms with van der Waals surface area (Å²) < 4.78 is 0. The van der Waals surface area contributed by atoms with Crippen LogP contribution in [0.5, 0.6) is 5.75 Å². The quantitative estimate of drug-likeness (QED) is 0.356. The van der Waals surface area contributed by atoms with Crippen molar-refractivity contribution < 1.29 is 10.3 Å². The second-order valence-corrected chi connectivity index (χ2v) is 11.7. The van der Waals surface area contributed by atoms with Gasteiger partial charge in [-0.2, -0.15) is 0 Å². The molecule has 0 bridgehead atoms. The molecule has 0 radical (unpaired) electrons. The zero-order chi connectivity index (χ0) is 22.1. The number of benzene rings is 1. The van der Waals surface area contributed by atoms with Crippen LogP contribution in [0.3, 0.4) is 0 Å². The van der Waals surface area contributed by atoms with Crippen molar-refractivity contribution >= 4 is 33.4 Å². The number of nitrogens with one attached hydrogen (secondary N) is 1. The van der Waals surface area contributed by atoms with Crippen molar-refractivity contribution in [3.05, 3.63) is 40.9 Å². The van der Waals surface area contributed by atoms with E-state index in [9.17, 15) is 10.3 Å². The van der Waals surface area contributed by atoms with Gasteiger partial charge in [-0.15, -0.1) is 0 Å². The Labute approximate surface area is 193 Å². The van der Waals surface area contributed by atoms with Crippen molar-refractivity contribution in [1.82, 2.24) is 4.98 Å². The van der Waals surface area contributed by atoms with E-state index in [2.05, 4.69) is 30.4 Å². The minimum Gasteiger partial charge on any atom is -0.508 e. The molecule has 6 rings (SSSR count). The molecule has 5 nitrogen and oxygen atoms in total. The van der Waals surface area contributed by atoms with Crippen LogP contribution >= 0.6 is 11.3 Å². The number of phenols is 1. The minimum atomic E-state index is 0.0836. The molecule has 6 heteroatoms. The Morgan fingerprint density at radius 3 is 2.78 bits per heavy atom. The van der Waals surface area contributed by atoms with Gasteiger partial charge in [0.15, 0.2) is 5.13 Å². The van der Waals surface area contributed by atoms with E-state index in [-0.39, 0.29) is 16.6 Å². The second kappa shape index (κ2) is 7.08. The van der Waals surface area contributed by atoms with Crippen molar-refractivity contribution in [3.8, 4) is 5.75 Å². The van der Waals surface area contributed by atoms with Crippen molar-refractivity contribution in [2.24, 2.45) is 33.7 Å². The van der Waals surface area contributed by atoms with Gasteiger partial charge < -0.3 is 15.6 Å². The molecule has 0 saturated heterocycles. The van der Waals surface area contributed by atoms with Gasteiger partial charge in [-0.05, 0) is 85.8 Å². The number of nitrogens with zero attached hydrogens (tertiary/aromatic N) is 2. The molecule has 32 heavy (non-hydrogen) atoms. The highest BCUT2D eigenvalue weighted by molar-refractivity contribution is 7.16. The fourth-order valence-electron chi connectivity index (χ4n) is 7.59. The van der Waals surface area contributed by atoms with Crippen molar-refractivity contribution in [1.29, 1.82) is 0 Å². The predicted molar refractivity (Wildman–Crippen MR) is 129 cm³/mol. The van der Waals surface area contributed by atoms with E-state index in [0.29, 0.717) is 17.8 Å². The third kappa shape index (κ3) is 2.81. The number of phenolic OH excluding ortho intramolecular Hbond substituents is 1. The van der Waals surface area contributed by atoms with Gasteiger partial charge in [-0.3, -0.25) is 0 Å². The minimum absolute atomic E-state index is 0.0836. The molecule has 2 fully saturated rings. The summed E-state index contributed by atoms with van der Waals surface area (Å²) in [7, 11) is 0. The largest absolute Gasteiger partial charge is 0.508 e. The van der Waals surface area contributed by atoms with Crippen molar-refractivity contribution in [2.75, 3.05) is 5.32 Å². The topological polar surface area (TPSA) is 77.7 Å². The lowest BCUT2D eigenvalue weighted by Crippen LogP contribution is -2.49. The molecular formula is C26H31N3O2S. The van der Waals surface area contributed by atoms with Crippen LogP contribution < -0.4 is 5.32 Å². The van der Waals surface area contributed by atoms with Crippen LogP contribution in [0, 0.1) is 28.6 Å². The van der Waals surface area contributed by atoms with E-state index < -0.39 is 0 Å². The predicted octanol–water partition coefficient (Wildman–Crippen LogP) is 6.60. The summed E-state index contributed by atoms with van der Waals surface area (Å²) in [6.45, 7) is 4.85. The smallest absolute Gasteiger partial charge is 0.187 e. The first-order valence-corrected chi connectivity index (χ1v) is 12.7. The molecule has 1 aromatic carbocycles. The van der Waals surface area contributed by atoms with E-state index in [1.54, 1.807) is 23.5 Å². The Hall–Kier alpha value is -2.34. The normalized spacial score (nSPS) is 36.6. The summed E-state index contributed by atoms with van der Waals surface area (Å²) in [6.07, 6.45) is 10.3. The molecular weight excluding hydrogens is 418 g/mol. The molecule has 2 aromatic rings. The molecule has 0 unspecified atom stereocenters. The lowest BCUT2D eigenvalue weighted by atomic mass is 9.48. The standard InChI is InChI=1S/C26H31N3O2S/c1-25-13-11-21-23(32-24(28-21)27-15-4-3-5-16(30)14-15)20(25)7-6-17-18-8-9-22(29-31)26(18,2)12-10-19(17)25/h3-5,7,14,17-19,30-31H,6,8-13H2,1-2H3,(H,27,28)/b29-22+/t17-,18-,19-,25+,26-/m0/s1. The molecule has 1 heterocycles. The van der Waals surface area contributed by atoms with Crippen molar-refractivity contribution in [3.63, 3.8) is 0 Å². The molecule has 4 aliphatic carbocycles. The maximum atomic E-state index is 9.78. The Balaban J connectivity index is 1.33. The van der Waals surface area contributed by atoms with Gasteiger partial charge in [0.2, 0.25) is 0 Å². The second-order valence-electron chi connectivity index (χ2n) is 10.7. The first kappa shape index (κ1) is 20.3. The number of hydrogen-bond donors (Lipinski definition) is 3. The van der Waals surface area contributed by atoms with E-state index in [1.165, 1.54) is 29.0 Å². The molecule has 168 valence electrons. The maximum absolute atomic E-state index is 9.78. The molecule has 3 N–H and O–H groups in total. The number of thiazole rings is 1. The highest BCUT2D eigenvalue weighted by Gasteiger charge is 2.58. The number of allylic oxidation sites excluding steroid dienone is 2. The summed E-state index contributed by atoms with van der Waals surface area (Å²) in [5.41, 5.74) is 4.92. The summed E-state index contributed by atoms with van der Waals surface area (Å²) in [4.78, 5) is 6.29. The van der Waals surface area contributed by atoms with Crippen LogP contribution in [-0.4, -0.2) is 21.0 Å². The lowest BCUT2D eigenvalue weighted by molar-refractivity contribution is 0.0110. The van der Waals surface area contributed by atoms with Gasteiger partial charge in [0.25, 0.3) is 0 Å². The van der Waals surface area contributed by atoms with Gasteiger partial charge in [0, 0.05) is 17.2 Å². The van der Waals surface area contributed by atoms with Gasteiger partial charge in [-0.1, -0.05) is 42.5 Å². The van der Waals surface area contributed by atoms with Crippen molar-refractivity contribution in [2.45, 2.75) is 58.8 Å². The number of aryl methyl sites for hydroxylation is 1. The third-order valence-corrected chi connectivity index (χ3v) is 10.3. The number of aromatic hydroxyl groups is 1. The van der Waals surface area contributed by atoms with E-state index in [0.717, 1.165) is 48.6 Å². The number of anilines is 2. The summed E-state index contributed by atoms with van der Waals surface area (Å²) in [6, 6.07) is 7.22. The Morgan fingerprint density at radius 2 is 1.97 bits per heavy atom. The molecule has 2 saturated carbocycles. The van der Waals surface area contributed by atoms with Gasteiger partial charge >= 0.3 is 0 Å². The summed E-state index contributed by atoms with van der Waals surface area (Å²) in [5.74, 6) is 2.26. The van der Waals surface area contributed by atoms with Gasteiger partial charge in [0.05, 0.1) is 16.3 Å². The SMILES string of the molecule is C[C@]12CCc3nc(Nc4cccc(O)c4)sc3C1=CC[C@@H]1[C@@H]2CC[C@]2(C)/C(=N/O)CC[C@@H]12. The van der Waals surface area contributed by atoms with Gasteiger partial charge in [0.1, 0.15) is 5.75 Å². The van der Waals surface area contributed by atoms with Crippen LogP contribution in [-0.2, 0) is 6.42 Å². The first-order valence-electron chi connectivity index (χ1n) is 11.9. The fraction of sp³-hybridized carbons (Fsp3) is 0.538. The van der Waals surface area contributed by atoms with E-state index in [1.807, 2.05) is 12.1 Å². The number of oxime groups is 1. The molecule has 0 amide bonds. The average molecular weight is 450 g/mol. The number of hydrogen-bond acceptors (Lipinski definition) is 6. The maximum Gasteiger partial charge on any atom is 0.187 e. The van der Waals surface area contributed by atoms with Crippen LogP contribution in [0.15, 0.2) is 35.5 Å².